The molecular weight excluding hydrogens is 324 g/mol. The standard InChI is InChI=1S/C17H20F4N2O/c1-23(14-5-10-7-16(24)22-8-11(10)6-14)9-12-4-13(18)2-3-15(12)17(19,20)21/h2-4,10-11,14H,5-9H2,1H3,(H,22,24)/t10-,11+,14-/m0/s1. The van der Waals surface area contributed by atoms with E-state index in [0.29, 0.717) is 24.8 Å². The highest BCUT2D eigenvalue weighted by Gasteiger charge is 2.40. The lowest BCUT2D eigenvalue weighted by molar-refractivity contribution is -0.138. The van der Waals surface area contributed by atoms with E-state index in [-0.39, 0.29) is 24.1 Å². The van der Waals surface area contributed by atoms with Crippen LogP contribution in [0.25, 0.3) is 0 Å². The molecule has 0 radical (unpaired) electrons. The topological polar surface area (TPSA) is 32.3 Å². The van der Waals surface area contributed by atoms with Crippen molar-refractivity contribution >= 4 is 5.91 Å². The first-order valence-corrected chi connectivity index (χ1v) is 8.06. The van der Waals surface area contributed by atoms with Gasteiger partial charge in [-0.05, 0) is 55.5 Å². The van der Waals surface area contributed by atoms with Crippen LogP contribution in [0.2, 0.25) is 0 Å². The minimum absolute atomic E-state index is 0.0398. The third-order valence-corrected chi connectivity index (χ3v) is 5.24. The van der Waals surface area contributed by atoms with Crippen molar-refractivity contribution in [3.8, 4) is 0 Å². The Morgan fingerprint density at radius 2 is 1.96 bits per heavy atom. The van der Waals surface area contributed by atoms with Crippen LogP contribution in [0, 0.1) is 17.7 Å². The van der Waals surface area contributed by atoms with Crippen molar-refractivity contribution in [1.29, 1.82) is 0 Å². The molecule has 1 saturated heterocycles. The molecule has 1 aliphatic heterocycles. The first-order chi connectivity index (χ1) is 11.2. The summed E-state index contributed by atoms with van der Waals surface area (Å²) in [4.78, 5) is 13.3. The first-order valence-electron chi connectivity index (χ1n) is 8.06. The maximum Gasteiger partial charge on any atom is 0.416 e. The maximum absolute atomic E-state index is 13.4. The van der Waals surface area contributed by atoms with Crippen LogP contribution in [0.4, 0.5) is 17.6 Å². The third kappa shape index (κ3) is 3.55. The van der Waals surface area contributed by atoms with Gasteiger partial charge < -0.3 is 5.32 Å². The van der Waals surface area contributed by atoms with Gasteiger partial charge in [0.1, 0.15) is 5.82 Å². The molecule has 1 aromatic rings. The predicted octanol–water partition coefficient (Wildman–Crippen LogP) is 3.19. The van der Waals surface area contributed by atoms with Gasteiger partial charge in [0.2, 0.25) is 5.91 Å². The van der Waals surface area contributed by atoms with E-state index < -0.39 is 17.6 Å². The number of benzene rings is 1. The number of nitrogens with zero attached hydrogens (tertiary/aromatic N) is 1. The largest absolute Gasteiger partial charge is 0.416 e. The Morgan fingerprint density at radius 1 is 1.25 bits per heavy atom. The summed E-state index contributed by atoms with van der Waals surface area (Å²) in [6.45, 7) is 0.680. The van der Waals surface area contributed by atoms with E-state index in [0.717, 1.165) is 31.0 Å². The average molecular weight is 344 g/mol. The monoisotopic (exact) mass is 344 g/mol. The van der Waals surface area contributed by atoms with Crippen LogP contribution in [-0.2, 0) is 17.5 Å². The van der Waals surface area contributed by atoms with Gasteiger partial charge in [0, 0.05) is 25.6 Å². The summed E-state index contributed by atoms with van der Waals surface area (Å²) in [6.07, 6.45) is -2.37. The molecule has 3 rings (SSSR count). The Labute approximate surface area is 138 Å². The number of nitrogens with one attached hydrogen (secondary N) is 1. The van der Waals surface area contributed by atoms with Crippen LogP contribution in [0.3, 0.4) is 0 Å². The summed E-state index contributed by atoms with van der Waals surface area (Å²) in [5.41, 5.74) is -0.836. The molecule has 0 spiro atoms. The second kappa shape index (κ2) is 6.35. The molecule has 1 heterocycles. The molecular formula is C17H20F4N2O. The molecule has 132 valence electrons. The average Bonchev–Trinajstić information content (AvgIpc) is 2.89. The fourth-order valence-corrected chi connectivity index (χ4v) is 3.96. The summed E-state index contributed by atoms with van der Waals surface area (Å²) in [7, 11) is 1.77. The number of amides is 1. The van der Waals surface area contributed by atoms with Gasteiger partial charge in [-0.15, -0.1) is 0 Å². The summed E-state index contributed by atoms with van der Waals surface area (Å²) in [6, 6.07) is 2.72. The van der Waals surface area contributed by atoms with Gasteiger partial charge in [0.25, 0.3) is 0 Å². The van der Waals surface area contributed by atoms with Crippen LogP contribution in [-0.4, -0.2) is 30.4 Å². The number of fused-ring (bicyclic) bond motifs is 1. The number of carbonyl (C=O) groups is 1. The summed E-state index contributed by atoms with van der Waals surface area (Å²) in [5.74, 6) is 0.0517. The minimum Gasteiger partial charge on any atom is -0.356 e. The maximum atomic E-state index is 13.4. The van der Waals surface area contributed by atoms with Crippen LogP contribution < -0.4 is 5.32 Å². The zero-order valence-electron chi connectivity index (χ0n) is 13.4. The molecule has 0 aromatic heterocycles. The molecule has 2 aliphatic rings. The number of hydrogen-bond donors (Lipinski definition) is 1. The second-order valence-electron chi connectivity index (χ2n) is 6.87. The van der Waals surface area contributed by atoms with Crippen molar-refractivity contribution in [2.24, 2.45) is 11.8 Å². The number of alkyl halides is 3. The summed E-state index contributed by atoms with van der Waals surface area (Å²) < 4.78 is 52.7. The van der Waals surface area contributed by atoms with E-state index in [2.05, 4.69) is 5.32 Å². The highest BCUT2D eigenvalue weighted by molar-refractivity contribution is 5.77. The SMILES string of the molecule is CN(Cc1cc(F)ccc1C(F)(F)F)[C@H]1C[C@H]2CC(=O)NC[C@H]2C1. The van der Waals surface area contributed by atoms with Crippen molar-refractivity contribution < 1.29 is 22.4 Å². The quantitative estimate of drug-likeness (QED) is 0.854. The number of carbonyl (C=O) groups excluding carboxylic acids is 1. The Morgan fingerprint density at radius 3 is 2.67 bits per heavy atom. The molecule has 3 atom stereocenters. The highest BCUT2D eigenvalue weighted by Crippen LogP contribution is 2.39. The van der Waals surface area contributed by atoms with E-state index in [1.807, 2.05) is 4.90 Å². The van der Waals surface area contributed by atoms with Crippen LogP contribution in [0.1, 0.15) is 30.4 Å². The van der Waals surface area contributed by atoms with Gasteiger partial charge in [-0.2, -0.15) is 13.2 Å². The number of piperidine rings is 1. The fraction of sp³-hybridized carbons (Fsp3) is 0.588. The third-order valence-electron chi connectivity index (χ3n) is 5.24. The normalized spacial score (nSPS) is 27.2. The lowest BCUT2D eigenvalue weighted by Crippen LogP contribution is -2.38. The predicted molar refractivity (Wildman–Crippen MR) is 80.5 cm³/mol. The van der Waals surface area contributed by atoms with Crippen molar-refractivity contribution in [2.75, 3.05) is 13.6 Å². The molecule has 0 unspecified atom stereocenters. The van der Waals surface area contributed by atoms with E-state index in [1.54, 1.807) is 7.05 Å². The lowest BCUT2D eigenvalue weighted by atomic mass is 9.89. The van der Waals surface area contributed by atoms with E-state index in [1.165, 1.54) is 0 Å². The first kappa shape index (κ1) is 17.2. The van der Waals surface area contributed by atoms with Crippen LogP contribution >= 0.6 is 0 Å². The summed E-state index contributed by atoms with van der Waals surface area (Å²) >= 11 is 0. The van der Waals surface area contributed by atoms with Crippen LogP contribution in [0.5, 0.6) is 0 Å². The molecule has 7 heteroatoms. The number of hydrogen-bond acceptors (Lipinski definition) is 2. The van der Waals surface area contributed by atoms with E-state index in [9.17, 15) is 22.4 Å². The lowest BCUT2D eigenvalue weighted by Gasteiger charge is -2.26. The minimum atomic E-state index is -4.50. The molecule has 0 bridgehead atoms. The smallest absolute Gasteiger partial charge is 0.356 e. The molecule has 1 saturated carbocycles. The molecule has 1 amide bonds. The van der Waals surface area contributed by atoms with Gasteiger partial charge in [-0.1, -0.05) is 0 Å². The Kier molecular flexibility index (Phi) is 4.55. The molecule has 3 nitrogen and oxygen atoms in total. The molecule has 2 fully saturated rings. The van der Waals surface area contributed by atoms with Gasteiger partial charge >= 0.3 is 6.18 Å². The number of rotatable bonds is 3. The summed E-state index contributed by atoms with van der Waals surface area (Å²) in [5, 5.41) is 2.84. The van der Waals surface area contributed by atoms with Crippen molar-refractivity contribution in [3.05, 3.63) is 35.1 Å². The van der Waals surface area contributed by atoms with E-state index in [4.69, 9.17) is 0 Å². The Bertz CT molecular complexity index is 632. The van der Waals surface area contributed by atoms with Gasteiger partial charge in [-0.3, -0.25) is 9.69 Å². The van der Waals surface area contributed by atoms with Crippen LogP contribution in [0.15, 0.2) is 18.2 Å². The fourth-order valence-electron chi connectivity index (χ4n) is 3.96. The Hall–Kier alpha value is -1.63. The second-order valence-corrected chi connectivity index (χ2v) is 6.87. The van der Waals surface area contributed by atoms with Crippen molar-refractivity contribution in [3.63, 3.8) is 0 Å². The van der Waals surface area contributed by atoms with Crippen molar-refractivity contribution in [2.45, 2.75) is 38.0 Å². The highest BCUT2D eigenvalue weighted by atomic mass is 19.4. The van der Waals surface area contributed by atoms with Gasteiger partial charge in [-0.25, -0.2) is 4.39 Å². The Balaban J connectivity index is 1.73. The van der Waals surface area contributed by atoms with Gasteiger partial charge in [0.05, 0.1) is 5.56 Å². The van der Waals surface area contributed by atoms with Gasteiger partial charge in [0.15, 0.2) is 0 Å². The molecule has 1 N–H and O–H groups in total. The zero-order valence-corrected chi connectivity index (χ0v) is 13.4. The number of halogens is 4. The molecule has 1 aliphatic carbocycles. The van der Waals surface area contributed by atoms with Crippen molar-refractivity contribution in [1.82, 2.24) is 10.2 Å². The molecule has 24 heavy (non-hydrogen) atoms. The molecule has 1 aromatic carbocycles. The zero-order chi connectivity index (χ0) is 17.5. The van der Waals surface area contributed by atoms with E-state index >= 15 is 0 Å².